The molecule has 0 N–H and O–H groups in total. The van der Waals surface area contributed by atoms with Gasteiger partial charge in [0.1, 0.15) is 11.3 Å². The third-order valence-corrected chi connectivity index (χ3v) is 4.84. The summed E-state index contributed by atoms with van der Waals surface area (Å²) >= 11 is 0. The number of carbonyl (C=O) groups is 1. The second-order valence-corrected chi connectivity index (χ2v) is 6.84. The van der Waals surface area contributed by atoms with E-state index in [1.807, 2.05) is 25.2 Å². The number of anilines is 1. The van der Waals surface area contributed by atoms with Crippen LogP contribution in [0.15, 0.2) is 52.9 Å². The first kappa shape index (κ1) is 15.9. The fourth-order valence-corrected chi connectivity index (χ4v) is 3.56. The monoisotopic (exact) mass is 334 g/mol. The summed E-state index contributed by atoms with van der Waals surface area (Å²) in [6.45, 7) is 1.62. The number of rotatable bonds is 4. The molecule has 4 nitrogen and oxygen atoms in total. The zero-order chi connectivity index (χ0) is 17.4. The largest absolute Gasteiger partial charge is 0.460 e. The molecule has 0 bridgehead atoms. The van der Waals surface area contributed by atoms with Gasteiger partial charge in [-0.2, -0.15) is 0 Å². The highest BCUT2D eigenvalue weighted by atomic mass is 16.3. The highest BCUT2D eigenvalue weighted by Crippen LogP contribution is 2.28. The van der Waals surface area contributed by atoms with Crippen molar-refractivity contribution in [2.75, 3.05) is 19.0 Å². The second kappa shape index (κ2) is 6.37. The van der Waals surface area contributed by atoms with Gasteiger partial charge in [-0.1, -0.05) is 30.3 Å². The first-order valence-corrected chi connectivity index (χ1v) is 8.64. The second-order valence-electron chi connectivity index (χ2n) is 6.84. The molecule has 2 heterocycles. The van der Waals surface area contributed by atoms with Gasteiger partial charge in [0, 0.05) is 31.1 Å². The molecule has 0 unspecified atom stereocenters. The maximum absolute atomic E-state index is 11.8. The minimum Gasteiger partial charge on any atom is -0.460 e. The number of carbonyl (C=O) groups excluding carboxylic acids is 1. The summed E-state index contributed by atoms with van der Waals surface area (Å²) in [4.78, 5) is 15.8. The molecule has 1 aliphatic heterocycles. The lowest BCUT2D eigenvalue weighted by Gasteiger charge is -2.26. The van der Waals surface area contributed by atoms with Crippen molar-refractivity contribution < 1.29 is 9.21 Å². The van der Waals surface area contributed by atoms with Crippen LogP contribution >= 0.6 is 0 Å². The first-order chi connectivity index (χ1) is 12.1. The predicted octanol–water partition coefficient (Wildman–Crippen LogP) is 3.97. The van der Waals surface area contributed by atoms with Gasteiger partial charge in [-0.05, 0) is 42.8 Å². The van der Waals surface area contributed by atoms with Crippen LogP contribution in [0.3, 0.4) is 0 Å². The molecule has 0 atom stereocenters. The number of hydrogen-bond donors (Lipinski definition) is 0. The van der Waals surface area contributed by atoms with Crippen molar-refractivity contribution in [1.29, 1.82) is 0 Å². The SMILES string of the molecule is CN(Cc1ccc2c(c1)CCC(=O)N2C)Cc1cc2ccccc2o1. The Labute approximate surface area is 147 Å². The molecular weight excluding hydrogens is 312 g/mol. The first-order valence-electron chi connectivity index (χ1n) is 8.64. The summed E-state index contributed by atoms with van der Waals surface area (Å²) in [6, 6.07) is 16.6. The van der Waals surface area contributed by atoms with E-state index in [0.29, 0.717) is 6.42 Å². The smallest absolute Gasteiger partial charge is 0.227 e. The van der Waals surface area contributed by atoms with Crippen LogP contribution in [0.5, 0.6) is 0 Å². The number of hydrogen-bond acceptors (Lipinski definition) is 3. The normalized spacial score (nSPS) is 14.4. The molecule has 1 aliphatic rings. The fraction of sp³-hybridized carbons (Fsp3) is 0.286. The van der Waals surface area contributed by atoms with Crippen LogP contribution in [0.1, 0.15) is 23.3 Å². The maximum atomic E-state index is 11.8. The number of nitrogens with zero attached hydrogens (tertiary/aromatic N) is 2. The summed E-state index contributed by atoms with van der Waals surface area (Å²) in [7, 11) is 3.95. The number of amides is 1. The van der Waals surface area contributed by atoms with E-state index in [0.717, 1.165) is 41.9 Å². The van der Waals surface area contributed by atoms with Gasteiger partial charge < -0.3 is 9.32 Å². The third-order valence-electron chi connectivity index (χ3n) is 4.84. The van der Waals surface area contributed by atoms with Crippen LogP contribution in [0.2, 0.25) is 0 Å². The lowest BCUT2D eigenvalue weighted by Crippen LogP contribution is -2.31. The molecule has 0 fully saturated rings. The quantitative estimate of drug-likeness (QED) is 0.724. The van der Waals surface area contributed by atoms with Crippen LogP contribution in [-0.2, 0) is 24.3 Å². The molecule has 2 aromatic carbocycles. The summed E-state index contributed by atoms with van der Waals surface area (Å²) in [5.74, 6) is 1.18. The van der Waals surface area contributed by atoms with Crippen LogP contribution in [0.4, 0.5) is 5.69 Å². The molecule has 0 aliphatic carbocycles. The summed E-state index contributed by atoms with van der Waals surface area (Å²) < 4.78 is 5.91. The van der Waals surface area contributed by atoms with Crippen molar-refractivity contribution in [1.82, 2.24) is 4.90 Å². The number of para-hydroxylation sites is 1. The van der Waals surface area contributed by atoms with Gasteiger partial charge >= 0.3 is 0 Å². The van der Waals surface area contributed by atoms with E-state index in [9.17, 15) is 4.79 Å². The average molecular weight is 334 g/mol. The molecule has 4 heteroatoms. The van der Waals surface area contributed by atoms with Crippen molar-refractivity contribution in [2.45, 2.75) is 25.9 Å². The van der Waals surface area contributed by atoms with Gasteiger partial charge in [0.05, 0.1) is 6.54 Å². The topological polar surface area (TPSA) is 36.7 Å². The van der Waals surface area contributed by atoms with E-state index >= 15 is 0 Å². The van der Waals surface area contributed by atoms with Crippen molar-refractivity contribution in [3.63, 3.8) is 0 Å². The molecule has 0 spiro atoms. The molecule has 0 radical (unpaired) electrons. The van der Waals surface area contributed by atoms with Crippen molar-refractivity contribution in [2.24, 2.45) is 0 Å². The third kappa shape index (κ3) is 3.17. The summed E-state index contributed by atoms with van der Waals surface area (Å²) in [6.07, 6.45) is 1.43. The van der Waals surface area contributed by atoms with Crippen LogP contribution in [0.25, 0.3) is 11.0 Å². The zero-order valence-electron chi connectivity index (χ0n) is 14.7. The number of aryl methyl sites for hydroxylation is 1. The Hall–Kier alpha value is -2.59. The fourth-order valence-electron chi connectivity index (χ4n) is 3.56. The van der Waals surface area contributed by atoms with E-state index in [-0.39, 0.29) is 5.91 Å². The van der Waals surface area contributed by atoms with Crippen LogP contribution < -0.4 is 4.90 Å². The molecule has 25 heavy (non-hydrogen) atoms. The molecule has 4 rings (SSSR count). The Kier molecular flexibility index (Phi) is 4.06. The molecule has 1 amide bonds. The van der Waals surface area contributed by atoms with E-state index in [1.165, 1.54) is 11.1 Å². The molecule has 0 saturated heterocycles. The molecule has 1 aromatic heterocycles. The highest BCUT2D eigenvalue weighted by Gasteiger charge is 2.20. The van der Waals surface area contributed by atoms with Gasteiger partial charge in [-0.3, -0.25) is 9.69 Å². The Morgan fingerprint density at radius 3 is 2.76 bits per heavy atom. The van der Waals surface area contributed by atoms with E-state index in [2.05, 4.69) is 42.3 Å². The molecule has 128 valence electrons. The molecule has 3 aromatic rings. The average Bonchev–Trinajstić information content (AvgIpc) is 3.00. The van der Waals surface area contributed by atoms with Crippen molar-refractivity contribution in [3.8, 4) is 0 Å². The van der Waals surface area contributed by atoms with Crippen LogP contribution in [-0.4, -0.2) is 24.9 Å². The minimum atomic E-state index is 0.197. The van der Waals surface area contributed by atoms with Gasteiger partial charge in [-0.15, -0.1) is 0 Å². The zero-order valence-corrected chi connectivity index (χ0v) is 14.7. The van der Waals surface area contributed by atoms with Crippen LogP contribution in [0, 0.1) is 0 Å². The molecule has 0 saturated carbocycles. The molecular formula is C21H22N2O2. The van der Waals surface area contributed by atoms with Gasteiger partial charge in [-0.25, -0.2) is 0 Å². The highest BCUT2D eigenvalue weighted by molar-refractivity contribution is 5.95. The Bertz CT molecular complexity index is 896. The summed E-state index contributed by atoms with van der Waals surface area (Å²) in [5, 5.41) is 1.15. The van der Waals surface area contributed by atoms with Crippen molar-refractivity contribution in [3.05, 3.63) is 65.4 Å². The minimum absolute atomic E-state index is 0.197. The van der Waals surface area contributed by atoms with Gasteiger partial charge in [0.2, 0.25) is 5.91 Å². The van der Waals surface area contributed by atoms with E-state index < -0.39 is 0 Å². The van der Waals surface area contributed by atoms with Gasteiger partial charge in [0.25, 0.3) is 0 Å². The van der Waals surface area contributed by atoms with Crippen molar-refractivity contribution >= 4 is 22.6 Å². The van der Waals surface area contributed by atoms with Gasteiger partial charge in [0.15, 0.2) is 0 Å². The maximum Gasteiger partial charge on any atom is 0.227 e. The Morgan fingerprint density at radius 1 is 1.08 bits per heavy atom. The lowest BCUT2D eigenvalue weighted by atomic mass is 9.99. The lowest BCUT2D eigenvalue weighted by molar-refractivity contribution is -0.118. The van der Waals surface area contributed by atoms with E-state index in [4.69, 9.17) is 4.42 Å². The Balaban J connectivity index is 1.47. The predicted molar refractivity (Wildman–Crippen MR) is 99.6 cm³/mol. The Morgan fingerprint density at radius 2 is 1.92 bits per heavy atom. The summed E-state index contributed by atoms with van der Waals surface area (Å²) in [5.41, 5.74) is 4.50. The number of benzene rings is 2. The number of furan rings is 1. The van der Waals surface area contributed by atoms with E-state index in [1.54, 1.807) is 4.90 Å². The number of fused-ring (bicyclic) bond motifs is 2. The standard InChI is InChI=1S/C21H22N2O2/c1-22(14-18-12-17-5-3-4-6-20(17)25-18)13-15-7-9-19-16(11-15)8-10-21(24)23(19)2/h3-7,9,11-12H,8,10,13-14H2,1-2H3.